The Hall–Kier alpha value is -0.120. The lowest BCUT2D eigenvalue weighted by molar-refractivity contribution is 0.0332. The molecule has 0 aromatic heterocycles. The van der Waals surface area contributed by atoms with Gasteiger partial charge in [-0.25, -0.2) is 0 Å². The molecule has 2 rings (SSSR count). The first-order valence-electron chi connectivity index (χ1n) is 8.37. The van der Waals surface area contributed by atoms with E-state index in [-0.39, 0.29) is 0 Å². The van der Waals surface area contributed by atoms with Crippen LogP contribution in [-0.4, -0.2) is 42.8 Å². The third-order valence-electron chi connectivity index (χ3n) is 5.07. The molecule has 2 fully saturated rings. The molecule has 1 saturated heterocycles. The van der Waals surface area contributed by atoms with E-state index in [1.807, 2.05) is 0 Å². The van der Waals surface area contributed by atoms with Crippen LogP contribution in [0.3, 0.4) is 0 Å². The fourth-order valence-electron chi connectivity index (χ4n) is 3.89. The smallest absolute Gasteiger partial charge is 0.0588 e. The summed E-state index contributed by atoms with van der Waals surface area (Å²) in [5, 5.41) is 0. The number of nitrogens with zero attached hydrogens (tertiary/aromatic N) is 1. The van der Waals surface area contributed by atoms with Crippen molar-refractivity contribution in [1.29, 1.82) is 0 Å². The Balaban J connectivity index is 1.91. The third-order valence-corrected chi connectivity index (χ3v) is 5.07. The SMILES string of the molecule is CCCN(CCC1CCCO1)C1(CN)CCCCC1. The minimum atomic E-state index is 0.298. The molecule has 19 heavy (non-hydrogen) atoms. The van der Waals surface area contributed by atoms with E-state index < -0.39 is 0 Å². The minimum Gasteiger partial charge on any atom is -0.378 e. The largest absolute Gasteiger partial charge is 0.378 e. The summed E-state index contributed by atoms with van der Waals surface area (Å²) in [6, 6.07) is 0. The van der Waals surface area contributed by atoms with Gasteiger partial charge in [-0.3, -0.25) is 4.90 Å². The molecule has 0 aromatic rings. The summed E-state index contributed by atoms with van der Waals surface area (Å²) in [5.41, 5.74) is 6.48. The summed E-state index contributed by atoms with van der Waals surface area (Å²) in [5.74, 6) is 0. The van der Waals surface area contributed by atoms with Crippen molar-refractivity contribution in [2.75, 3.05) is 26.2 Å². The van der Waals surface area contributed by atoms with E-state index >= 15 is 0 Å². The molecule has 0 spiro atoms. The lowest BCUT2D eigenvalue weighted by Crippen LogP contribution is -2.55. The molecular formula is C16H32N2O. The molecule has 1 aliphatic heterocycles. The van der Waals surface area contributed by atoms with Crippen LogP contribution in [-0.2, 0) is 4.74 Å². The Kier molecular flexibility index (Phi) is 6.11. The molecule has 1 unspecified atom stereocenters. The van der Waals surface area contributed by atoms with Gasteiger partial charge in [0.15, 0.2) is 0 Å². The molecular weight excluding hydrogens is 236 g/mol. The van der Waals surface area contributed by atoms with E-state index in [1.54, 1.807) is 0 Å². The topological polar surface area (TPSA) is 38.5 Å². The normalized spacial score (nSPS) is 27.0. The van der Waals surface area contributed by atoms with Gasteiger partial charge in [0, 0.05) is 25.2 Å². The Morgan fingerprint density at radius 3 is 2.53 bits per heavy atom. The van der Waals surface area contributed by atoms with Gasteiger partial charge in [-0.05, 0) is 45.1 Å². The summed E-state index contributed by atoms with van der Waals surface area (Å²) in [6.07, 6.45) is 12.2. The van der Waals surface area contributed by atoms with Gasteiger partial charge >= 0.3 is 0 Å². The Labute approximate surface area is 118 Å². The summed E-state index contributed by atoms with van der Waals surface area (Å²) in [7, 11) is 0. The quantitative estimate of drug-likeness (QED) is 0.771. The highest BCUT2D eigenvalue weighted by Gasteiger charge is 2.36. The molecule has 0 radical (unpaired) electrons. The number of nitrogens with two attached hydrogens (primary N) is 1. The summed E-state index contributed by atoms with van der Waals surface area (Å²) in [4.78, 5) is 2.70. The second kappa shape index (κ2) is 7.61. The van der Waals surface area contributed by atoms with Gasteiger partial charge in [0.25, 0.3) is 0 Å². The molecule has 1 saturated carbocycles. The van der Waals surface area contributed by atoms with Gasteiger partial charge in [0.1, 0.15) is 0 Å². The average Bonchev–Trinajstić information content (AvgIpc) is 2.97. The molecule has 0 bridgehead atoms. The van der Waals surface area contributed by atoms with Crippen molar-refractivity contribution in [3.63, 3.8) is 0 Å². The summed E-state index contributed by atoms with van der Waals surface area (Å²) >= 11 is 0. The monoisotopic (exact) mass is 268 g/mol. The van der Waals surface area contributed by atoms with Crippen molar-refractivity contribution >= 4 is 0 Å². The van der Waals surface area contributed by atoms with Crippen LogP contribution in [0.15, 0.2) is 0 Å². The first-order chi connectivity index (χ1) is 9.30. The van der Waals surface area contributed by atoms with Gasteiger partial charge in [-0.15, -0.1) is 0 Å². The maximum atomic E-state index is 6.18. The predicted molar refractivity (Wildman–Crippen MR) is 80.3 cm³/mol. The second-order valence-electron chi connectivity index (χ2n) is 6.40. The highest BCUT2D eigenvalue weighted by molar-refractivity contribution is 4.94. The van der Waals surface area contributed by atoms with Gasteiger partial charge in [0.05, 0.1) is 6.10 Å². The lowest BCUT2D eigenvalue weighted by atomic mass is 9.80. The molecule has 0 amide bonds. The van der Waals surface area contributed by atoms with E-state index in [1.165, 1.54) is 70.9 Å². The number of hydrogen-bond acceptors (Lipinski definition) is 3. The van der Waals surface area contributed by atoms with Crippen molar-refractivity contribution in [1.82, 2.24) is 4.90 Å². The van der Waals surface area contributed by atoms with Crippen LogP contribution in [0.5, 0.6) is 0 Å². The standard InChI is InChI=1S/C16H32N2O/c1-2-11-18(12-8-15-7-6-13-19-15)16(14-17)9-4-3-5-10-16/h15H,2-14,17H2,1H3. The molecule has 1 heterocycles. The molecule has 2 N–H and O–H groups in total. The maximum Gasteiger partial charge on any atom is 0.0588 e. The molecule has 2 aliphatic rings. The molecule has 1 atom stereocenters. The zero-order chi connectivity index (χ0) is 13.6. The van der Waals surface area contributed by atoms with Crippen LogP contribution in [0, 0.1) is 0 Å². The first kappa shape index (κ1) is 15.3. The van der Waals surface area contributed by atoms with E-state index in [9.17, 15) is 0 Å². The summed E-state index contributed by atoms with van der Waals surface area (Å²) in [6.45, 7) is 6.46. The van der Waals surface area contributed by atoms with Gasteiger partial charge < -0.3 is 10.5 Å². The van der Waals surface area contributed by atoms with Crippen LogP contribution in [0.25, 0.3) is 0 Å². The Morgan fingerprint density at radius 1 is 1.16 bits per heavy atom. The van der Waals surface area contributed by atoms with E-state index in [4.69, 9.17) is 10.5 Å². The number of hydrogen-bond donors (Lipinski definition) is 1. The molecule has 0 aromatic carbocycles. The van der Waals surface area contributed by atoms with Gasteiger partial charge in [0.2, 0.25) is 0 Å². The van der Waals surface area contributed by atoms with Crippen molar-refractivity contribution in [2.45, 2.75) is 76.4 Å². The third kappa shape index (κ3) is 3.93. The zero-order valence-electron chi connectivity index (χ0n) is 12.7. The van der Waals surface area contributed by atoms with Crippen LogP contribution in [0.1, 0.15) is 64.7 Å². The first-order valence-corrected chi connectivity index (χ1v) is 8.37. The van der Waals surface area contributed by atoms with Crippen LogP contribution in [0.4, 0.5) is 0 Å². The zero-order valence-corrected chi connectivity index (χ0v) is 12.7. The summed E-state index contributed by atoms with van der Waals surface area (Å²) < 4.78 is 5.78. The molecule has 3 nitrogen and oxygen atoms in total. The number of rotatable bonds is 7. The highest BCUT2D eigenvalue weighted by Crippen LogP contribution is 2.33. The number of ether oxygens (including phenoxy) is 1. The van der Waals surface area contributed by atoms with Crippen molar-refractivity contribution < 1.29 is 4.74 Å². The second-order valence-corrected chi connectivity index (χ2v) is 6.40. The Bertz CT molecular complexity index is 245. The lowest BCUT2D eigenvalue weighted by Gasteiger charge is -2.46. The van der Waals surface area contributed by atoms with Crippen molar-refractivity contribution in [2.24, 2.45) is 5.73 Å². The molecule has 112 valence electrons. The fourth-order valence-corrected chi connectivity index (χ4v) is 3.89. The van der Waals surface area contributed by atoms with Crippen molar-refractivity contribution in [3.05, 3.63) is 0 Å². The Morgan fingerprint density at radius 2 is 1.95 bits per heavy atom. The van der Waals surface area contributed by atoms with E-state index in [0.29, 0.717) is 11.6 Å². The average molecular weight is 268 g/mol. The molecule has 1 aliphatic carbocycles. The van der Waals surface area contributed by atoms with Gasteiger partial charge in [-0.1, -0.05) is 26.2 Å². The maximum absolute atomic E-state index is 6.18. The molecule has 3 heteroatoms. The van der Waals surface area contributed by atoms with Crippen LogP contribution < -0.4 is 5.73 Å². The van der Waals surface area contributed by atoms with Crippen molar-refractivity contribution in [3.8, 4) is 0 Å². The predicted octanol–water partition coefficient (Wildman–Crippen LogP) is 2.93. The minimum absolute atomic E-state index is 0.298. The highest BCUT2D eigenvalue weighted by atomic mass is 16.5. The van der Waals surface area contributed by atoms with E-state index in [2.05, 4.69) is 11.8 Å². The van der Waals surface area contributed by atoms with Crippen LogP contribution >= 0.6 is 0 Å². The van der Waals surface area contributed by atoms with Gasteiger partial charge in [-0.2, -0.15) is 0 Å². The van der Waals surface area contributed by atoms with Crippen LogP contribution in [0.2, 0.25) is 0 Å². The van der Waals surface area contributed by atoms with E-state index in [0.717, 1.165) is 13.2 Å². The fraction of sp³-hybridized carbons (Fsp3) is 1.00.